The monoisotopic (exact) mass is 313 g/mol. The normalized spacial score (nSPS) is 13.9. The van der Waals surface area contributed by atoms with Crippen molar-refractivity contribution in [2.24, 2.45) is 0 Å². The van der Waals surface area contributed by atoms with Crippen molar-refractivity contribution in [2.75, 3.05) is 0 Å². The molecule has 0 unspecified atom stereocenters. The lowest BCUT2D eigenvalue weighted by Gasteiger charge is -2.06. The first-order chi connectivity index (χ1) is 8.63. The molecule has 0 amide bonds. The lowest BCUT2D eigenvalue weighted by Crippen LogP contribution is -2.09. The van der Waals surface area contributed by atoms with Crippen LogP contribution in [0.3, 0.4) is 0 Å². The molecular weight excluding hydrogens is 304 g/mol. The summed E-state index contributed by atoms with van der Waals surface area (Å²) in [7, 11) is 0. The van der Waals surface area contributed by atoms with Crippen LogP contribution in [-0.2, 0) is 19.6 Å². The molecule has 0 fully saturated rings. The molecule has 0 radical (unpaired) electrons. The first kappa shape index (κ1) is 11.8. The van der Waals surface area contributed by atoms with Crippen LogP contribution in [0.5, 0.6) is 0 Å². The maximum Gasteiger partial charge on any atom is 0.132 e. The zero-order chi connectivity index (χ0) is 12.7. The topological polar surface area (TPSA) is 29.9 Å². The zero-order valence-corrected chi connectivity index (χ0v) is 11.0. The van der Waals surface area contributed by atoms with Gasteiger partial charge in [-0.2, -0.15) is 5.10 Å². The highest BCUT2D eigenvalue weighted by Crippen LogP contribution is 2.21. The van der Waals surface area contributed by atoms with Crippen molar-refractivity contribution in [1.29, 1.82) is 0 Å². The van der Waals surface area contributed by atoms with Gasteiger partial charge in [0.2, 0.25) is 0 Å². The SMILES string of the molecule is Fc1cc(Br)cc(F)c1Cn1cc2c(n1)CNC2. The van der Waals surface area contributed by atoms with Crippen molar-refractivity contribution in [1.82, 2.24) is 15.1 Å². The number of halogens is 3. The number of hydrogen-bond donors (Lipinski definition) is 1. The van der Waals surface area contributed by atoms with Crippen LogP contribution >= 0.6 is 15.9 Å². The maximum absolute atomic E-state index is 13.7. The van der Waals surface area contributed by atoms with Crippen LogP contribution < -0.4 is 5.32 Å². The summed E-state index contributed by atoms with van der Waals surface area (Å²) in [5.74, 6) is -1.12. The summed E-state index contributed by atoms with van der Waals surface area (Å²) in [6.45, 7) is 1.59. The molecule has 0 aliphatic carbocycles. The van der Waals surface area contributed by atoms with Crippen molar-refractivity contribution >= 4 is 15.9 Å². The van der Waals surface area contributed by atoms with E-state index in [9.17, 15) is 8.78 Å². The molecule has 18 heavy (non-hydrogen) atoms. The summed E-state index contributed by atoms with van der Waals surface area (Å²) in [6.07, 6.45) is 1.83. The van der Waals surface area contributed by atoms with Gasteiger partial charge in [-0.15, -0.1) is 0 Å². The molecule has 2 heterocycles. The standard InChI is InChI=1S/C12H10BrF2N3/c13-8-1-10(14)9(11(15)2-8)6-18-5-7-3-16-4-12(7)17-18/h1-2,5,16H,3-4,6H2. The van der Waals surface area contributed by atoms with Gasteiger partial charge in [-0.3, -0.25) is 4.68 Å². The maximum atomic E-state index is 13.7. The number of fused-ring (bicyclic) bond motifs is 1. The Hall–Kier alpha value is -1.27. The minimum Gasteiger partial charge on any atom is -0.307 e. The minimum absolute atomic E-state index is 0.0346. The van der Waals surface area contributed by atoms with E-state index in [1.807, 2.05) is 6.20 Å². The van der Waals surface area contributed by atoms with Crippen molar-refractivity contribution < 1.29 is 8.78 Å². The van der Waals surface area contributed by atoms with Crippen molar-refractivity contribution in [2.45, 2.75) is 19.6 Å². The Labute approximate surface area is 111 Å². The van der Waals surface area contributed by atoms with E-state index in [-0.39, 0.29) is 12.1 Å². The molecule has 1 aromatic heterocycles. The summed E-state index contributed by atoms with van der Waals surface area (Å²) >= 11 is 3.06. The van der Waals surface area contributed by atoms with E-state index in [1.165, 1.54) is 12.1 Å². The van der Waals surface area contributed by atoms with Gasteiger partial charge in [-0.05, 0) is 12.1 Å². The molecule has 3 nitrogen and oxygen atoms in total. The zero-order valence-electron chi connectivity index (χ0n) is 9.38. The highest BCUT2D eigenvalue weighted by atomic mass is 79.9. The third-order valence-electron chi connectivity index (χ3n) is 2.96. The van der Waals surface area contributed by atoms with Gasteiger partial charge in [0.05, 0.1) is 12.2 Å². The smallest absolute Gasteiger partial charge is 0.132 e. The van der Waals surface area contributed by atoms with E-state index in [0.717, 1.165) is 17.8 Å². The van der Waals surface area contributed by atoms with E-state index in [0.29, 0.717) is 11.0 Å². The van der Waals surface area contributed by atoms with E-state index >= 15 is 0 Å². The molecule has 3 rings (SSSR count). The van der Waals surface area contributed by atoms with Gasteiger partial charge in [0, 0.05) is 34.9 Å². The Morgan fingerprint density at radius 2 is 2.00 bits per heavy atom. The molecule has 94 valence electrons. The molecule has 1 aliphatic heterocycles. The molecule has 0 spiro atoms. The van der Waals surface area contributed by atoms with Gasteiger partial charge in [0.1, 0.15) is 11.6 Å². The van der Waals surface area contributed by atoms with E-state index in [2.05, 4.69) is 26.3 Å². The average Bonchev–Trinajstić information content (AvgIpc) is 2.83. The number of nitrogens with one attached hydrogen (secondary N) is 1. The minimum atomic E-state index is -0.560. The molecular formula is C12H10BrF2N3. The quantitative estimate of drug-likeness (QED) is 0.923. The highest BCUT2D eigenvalue weighted by Gasteiger charge is 2.16. The molecule has 1 N–H and O–H groups in total. The Bertz CT molecular complexity index is 565. The predicted octanol–water partition coefficient (Wildman–Crippen LogP) is 2.58. The second-order valence-electron chi connectivity index (χ2n) is 4.25. The Balaban J connectivity index is 1.92. The fraction of sp³-hybridized carbons (Fsp3) is 0.250. The second-order valence-corrected chi connectivity index (χ2v) is 5.17. The van der Waals surface area contributed by atoms with Gasteiger partial charge in [0.25, 0.3) is 0 Å². The van der Waals surface area contributed by atoms with Crippen LogP contribution in [0, 0.1) is 11.6 Å². The van der Waals surface area contributed by atoms with Gasteiger partial charge < -0.3 is 5.32 Å². The number of hydrogen-bond acceptors (Lipinski definition) is 2. The Kier molecular flexibility index (Phi) is 2.91. The summed E-state index contributed by atoms with van der Waals surface area (Å²) < 4.78 is 29.3. The summed E-state index contributed by atoms with van der Waals surface area (Å²) in [5.41, 5.74) is 2.08. The number of rotatable bonds is 2. The first-order valence-electron chi connectivity index (χ1n) is 5.53. The fourth-order valence-electron chi connectivity index (χ4n) is 2.08. The lowest BCUT2D eigenvalue weighted by atomic mass is 10.2. The molecule has 1 aliphatic rings. The van der Waals surface area contributed by atoms with Crippen molar-refractivity contribution in [3.8, 4) is 0 Å². The van der Waals surface area contributed by atoms with Crippen LogP contribution in [0.4, 0.5) is 8.78 Å². The molecule has 1 aromatic carbocycles. The molecule has 0 saturated carbocycles. The fourth-order valence-corrected chi connectivity index (χ4v) is 2.48. The van der Waals surface area contributed by atoms with Crippen molar-refractivity contribution in [3.05, 3.63) is 51.3 Å². The summed E-state index contributed by atoms with van der Waals surface area (Å²) in [4.78, 5) is 0. The number of nitrogens with zero attached hydrogens (tertiary/aromatic N) is 2. The molecule has 0 atom stereocenters. The van der Waals surface area contributed by atoms with Crippen molar-refractivity contribution in [3.63, 3.8) is 0 Å². The second kappa shape index (κ2) is 4.44. The predicted molar refractivity (Wildman–Crippen MR) is 65.9 cm³/mol. The van der Waals surface area contributed by atoms with Crippen LogP contribution in [0.15, 0.2) is 22.8 Å². The molecule has 2 aromatic rings. The van der Waals surface area contributed by atoms with E-state index in [1.54, 1.807) is 4.68 Å². The number of benzene rings is 1. The Morgan fingerprint density at radius 3 is 2.67 bits per heavy atom. The molecule has 6 heteroatoms. The molecule has 0 bridgehead atoms. The highest BCUT2D eigenvalue weighted by molar-refractivity contribution is 9.10. The third kappa shape index (κ3) is 2.06. The van der Waals surface area contributed by atoms with Crippen LogP contribution in [0.2, 0.25) is 0 Å². The summed E-state index contributed by atoms with van der Waals surface area (Å²) in [5, 5.41) is 7.46. The molecule has 0 saturated heterocycles. The van der Waals surface area contributed by atoms with E-state index in [4.69, 9.17) is 0 Å². The number of aromatic nitrogens is 2. The van der Waals surface area contributed by atoms with Gasteiger partial charge in [-0.1, -0.05) is 15.9 Å². The summed E-state index contributed by atoms with van der Waals surface area (Å²) in [6, 6.07) is 2.52. The lowest BCUT2D eigenvalue weighted by molar-refractivity contribution is 0.528. The average molecular weight is 314 g/mol. The first-order valence-corrected chi connectivity index (χ1v) is 6.32. The van der Waals surface area contributed by atoms with Gasteiger partial charge in [0.15, 0.2) is 0 Å². The Morgan fingerprint density at radius 1 is 1.28 bits per heavy atom. The van der Waals surface area contributed by atoms with Crippen LogP contribution in [0.25, 0.3) is 0 Å². The van der Waals surface area contributed by atoms with Gasteiger partial charge >= 0.3 is 0 Å². The largest absolute Gasteiger partial charge is 0.307 e. The van der Waals surface area contributed by atoms with Gasteiger partial charge in [-0.25, -0.2) is 8.78 Å². The van der Waals surface area contributed by atoms with Crippen LogP contribution in [-0.4, -0.2) is 9.78 Å². The van der Waals surface area contributed by atoms with E-state index < -0.39 is 11.6 Å². The third-order valence-corrected chi connectivity index (χ3v) is 3.42. The van der Waals surface area contributed by atoms with Crippen LogP contribution in [0.1, 0.15) is 16.8 Å².